The zero-order valence-corrected chi connectivity index (χ0v) is 9.89. The minimum absolute atomic E-state index is 0.342. The van der Waals surface area contributed by atoms with Crippen LogP contribution in [0.3, 0.4) is 0 Å². The van der Waals surface area contributed by atoms with Crippen molar-refractivity contribution >= 4 is 15.9 Å². The zero-order chi connectivity index (χ0) is 9.78. The number of halogens is 1. The summed E-state index contributed by atoms with van der Waals surface area (Å²) >= 11 is 3.31. The second kappa shape index (κ2) is 12.4. The fraction of sp³-hybridized carbons (Fsp3) is 1.00. The normalized spacial score (nSPS) is 10.6. The first-order chi connectivity index (χ1) is 6.41. The van der Waals surface area contributed by atoms with Crippen LogP contribution < -0.4 is 0 Å². The lowest BCUT2D eigenvalue weighted by Gasteiger charge is -2.01. The van der Waals surface area contributed by atoms with Crippen LogP contribution in [0.25, 0.3) is 0 Å². The molecule has 0 aromatic heterocycles. The molecule has 0 aromatic rings. The molecule has 13 heavy (non-hydrogen) atoms. The van der Waals surface area contributed by atoms with Crippen molar-refractivity contribution < 1.29 is 9.84 Å². The maximum absolute atomic E-state index is 8.54. The minimum atomic E-state index is 0.342. The number of aliphatic hydroxyl groups is 1. The molecule has 0 heterocycles. The van der Waals surface area contributed by atoms with Crippen molar-refractivity contribution in [1.29, 1.82) is 0 Å². The van der Waals surface area contributed by atoms with Crippen molar-refractivity contribution in [2.24, 2.45) is 0 Å². The largest absolute Gasteiger partial charge is 0.396 e. The number of unbranched alkanes of at least 4 members (excludes halogenated alkanes) is 5. The number of aliphatic hydroxyl groups excluding tert-OH is 1. The Hall–Kier alpha value is 0.400. The smallest absolute Gasteiger partial charge is 0.0563 e. The van der Waals surface area contributed by atoms with Gasteiger partial charge in [0.25, 0.3) is 0 Å². The van der Waals surface area contributed by atoms with Crippen molar-refractivity contribution in [3.05, 3.63) is 0 Å². The predicted molar refractivity (Wildman–Crippen MR) is 59.4 cm³/mol. The molecule has 0 aromatic carbocycles. The van der Waals surface area contributed by atoms with Crippen molar-refractivity contribution in [2.75, 3.05) is 25.2 Å². The summed E-state index contributed by atoms with van der Waals surface area (Å²) in [6, 6.07) is 0. The van der Waals surface area contributed by atoms with E-state index in [0.29, 0.717) is 6.61 Å². The number of hydrogen-bond acceptors (Lipinski definition) is 2. The lowest BCUT2D eigenvalue weighted by molar-refractivity contribution is 0.146. The van der Waals surface area contributed by atoms with Crippen LogP contribution >= 0.6 is 15.9 Å². The summed E-state index contributed by atoms with van der Waals surface area (Å²) in [5, 5.41) is 9.48. The van der Waals surface area contributed by atoms with Gasteiger partial charge in [0.1, 0.15) is 0 Å². The van der Waals surface area contributed by atoms with E-state index in [2.05, 4.69) is 15.9 Å². The Balaban J connectivity index is 2.76. The van der Waals surface area contributed by atoms with Gasteiger partial charge < -0.3 is 9.84 Å². The quantitative estimate of drug-likeness (QED) is 0.479. The van der Waals surface area contributed by atoms with Crippen LogP contribution in [-0.4, -0.2) is 30.3 Å². The van der Waals surface area contributed by atoms with E-state index in [1.807, 2.05) is 0 Å². The molecular formula is C10H21BrO2. The highest BCUT2D eigenvalue weighted by molar-refractivity contribution is 9.09. The second-order valence-electron chi connectivity index (χ2n) is 3.15. The number of alkyl halides is 1. The van der Waals surface area contributed by atoms with Gasteiger partial charge in [0.15, 0.2) is 0 Å². The van der Waals surface area contributed by atoms with Crippen molar-refractivity contribution in [2.45, 2.75) is 38.5 Å². The number of rotatable bonds is 10. The third-order valence-corrected chi connectivity index (χ3v) is 2.24. The van der Waals surface area contributed by atoms with Crippen LogP contribution in [0.4, 0.5) is 0 Å². The Morgan fingerprint density at radius 2 is 1.46 bits per heavy atom. The summed E-state index contributed by atoms with van der Waals surface area (Å²) in [7, 11) is 0. The van der Waals surface area contributed by atoms with E-state index >= 15 is 0 Å². The maximum atomic E-state index is 8.54. The molecule has 80 valence electrons. The van der Waals surface area contributed by atoms with E-state index < -0.39 is 0 Å². The van der Waals surface area contributed by atoms with Gasteiger partial charge in [-0.2, -0.15) is 0 Å². The van der Waals surface area contributed by atoms with Gasteiger partial charge in [-0.25, -0.2) is 0 Å². The first-order valence-corrected chi connectivity index (χ1v) is 6.28. The molecule has 0 unspecified atom stereocenters. The average molecular weight is 253 g/mol. The molecule has 0 aliphatic rings. The second-order valence-corrected chi connectivity index (χ2v) is 3.94. The summed E-state index contributed by atoms with van der Waals surface area (Å²) < 4.78 is 5.32. The fourth-order valence-corrected chi connectivity index (χ4v) is 1.41. The first-order valence-electron chi connectivity index (χ1n) is 5.16. The Kier molecular flexibility index (Phi) is 12.8. The molecular weight excluding hydrogens is 232 g/mol. The van der Waals surface area contributed by atoms with Crippen LogP contribution in [0.15, 0.2) is 0 Å². The van der Waals surface area contributed by atoms with Gasteiger partial charge in [-0.1, -0.05) is 41.6 Å². The first kappa shape index (κ1) is 13.4. The van der Waals surface area contributed by atoms with Crippen molar-refractivity contribution in [3.63, 3.8) is 0 Å². The lowest BCUT2D eigenvalue weighted by atomic mass is 10.1. The summed E-state index contributed by atoms with van der Waals surface area (Å²) in [6.45, 7) is 2.06. The van der Waals surface area contributed by atoms with Gasteiger partial charge in [0.2, 0.25) is 0 Å². The molecule has 1 N–H and O–H groups in total. The van der Waals surface area contributed by atoms with Gasteiger partial charge in [-0.15, -0.1) is 0 Å². The van der Waals surface area contributed by atoms with E-state index in [1.165, 1.54) is 32.1 Å². The topological polar surface area (TPSA) is 29.5 Å². The highest BCUT2D eigenvalue weighted by Crippen LogP contribution is 2.04. The van der Waals surface area contributed by atoms with Crippen LogP contribution in [-0.2, 0) is 4.74 Å². The van der Waals surface area contributed by atoms with E-state index in [1.54, 1.807) is 0 Å². The standard InChI is InChI=1S/C10H21BrO2/c11-7-10-13-9-6-4-2-1-3-5-8-12/h12H,1-10H2. The SMILES string of the molecule is OCCCCCCCCOCCBr. The fourth-order valence-electron chi connectivity index (χ4n) is 1.18. The number of hydrogen-bond donors (Lipinski definition) is 1. The maximum Gasteiger partial charge on any atom is 0.0563 e. The van der Waals surface area contributed by atoms with E-state index in [-0.39, 0.29) is 0 Å². The molecule has 0 saturated carbocycles. The van der Waals surface area contributed by atoms with Crippen LogP contribution in [0.1, 0.15) is 38.5 Å². The Bertz CT molecular complexity index is 79.0. The molecule has 0 aliphatic heterocycles. The Labute approximate surface area is 89.8 Å². The van der Waals surface area contributed by atoms with E-state index in [9.17, 15) is 0 Å². The summed E-state index contributed by atoms with van der Waals surface area (Å²) in [5.74, 6) is 0. The molecule has 2 nitrogen and oxygen atoms in total. The molecule has 0 saturated heterocycles. The summed E-state index contributed by atoms with van der Waals surface area (Å²) in [6.07, 6.45) is 7.08. The van der Waals surface area contributed by atoms with Gasteiger partial charge in [-0.3, -0.25) is 0 Å². The van der Waals surface area contributed by atoms with Crippen LogP contribution in [0.2, 0.25) is 0 Å². The monoisotopic (exact) mass is 252 g/mol. The van der Waals surface area contributed by atoms with Crippen LogP contribution in [0, 0.1) is 0 Å². The van der Waals surface area contributed by atoms with Gasteiger partial charge in [-0.05, 0) is 12.8 Å². The van der Waals surface area contributed by atoms with Crippen molar-refractivity contribution in [1.82, 2.24) is 0 Å². The molecule has 0 spiro atoms. The third-order valence-electron chi connectivity index (χ3n) is 1.92. The van der Waals surface area contributed by atoms with E-state index in [0.717, 1.165) is 25.0 Å². The molecule has 0 radical (unpaired) electrons. The third kappa shape index (κ3) is 12.4. The summed E-state index contributed by atoms with van der Waals surface area (Å²) in [4.78, 5) is 0. The average Bonchev–Trinajstić information content (AvgIpc) is 2.16. The Morgan fingerprint density at radius 3 is 2.08 bits per heavy atom. The zero-order valence-electron chi connectivity index (χ0n) is 8.30. The molecule has 3 heteroatoms. The highest BCUT2D eigenvalue weighted by Gasteiger charge is 1.91. The minimum Gasteiger partial charge on any atom is -0.396 e. The van der Waals surface area contributed by atoms with E-state index in [4.69, 9.17) is 9.84 Å². The molecule has 0 atom stereocenters. The highest BCUT2D eigenvalue weighted by atomic mass is 79.9. The van der Waals surface area contributed by atoms with Crippen molar-refractivity contribution in [3.8, 4) is 0 Å². The molecule has 0 fully saturated rings. The molecule has 0 aliphatic carbocycles. The summed E-state index contributed by atoms with van der Waals surface area (Å²) in [5.41, 5.74) is 0. The van der Waals surface area contributed by atoms with Gasteiger partial charge in [0, 0.05) is 18.5 Å². The number of ether oxygens (including phenoxy) is 1. The van der Waals surface area contributed by atoms with Gasteiger partial charge in [0.05, 0.1) is 6.61 Å². The molecule has 0 bridgehead atoms. The predicted octanol–water partition coefficient (Wildman–Crippen LogP) is 2.73. The van der Waals surface area contributed by atoms with Crippen LogP contribution in [0.5, 0.6) is 0 Å². The molecule has 0 amide bonds. The Morgan fingerprint density at radius 1 is 0.846 bits per heavy atom. The van der Waals surface area contributed by atoms with Gasteiger partial charge >= 0.3 is 0 Å². The lowest BCUT2D eigenvalue weighted by Crippen LogP contribution is -1.97. The molecule has 0 rings (SSSR count).